The van der Waals surface area contributed by atoms with E-state index in [4.69, 9.17) is 0 Å². The molecule has 70 valence electrons. The van der Waals surface area contributed by atoms with Crippen LogP contribution < -0.4 is 25.0 Å². The van der Waals surface area contributed by atoms with Crippen LogP contribution in [0.2, 0.25) is 0 Å². The first-order valence-electron chi connectivity index (χ1n) is 4.72. The molecule has 0 fully saturated rings. The van der Waals surface area contributed by atoms with Crippen molar-refractivity contribution in [2.24, 2.45) is 0 Å². The molecule has 0 spiro atoms. The molecule has 0 aliphatic carbocycles. The van der Waals surface area contributed by atoms with Crippen LogP contribution in [0.3, 0.4) is 0 Å². The van der Waals surface area contributed by atoms with Crippen molar-refractivity contribution in [1.82, 2.24) is 3.53 Å². The Morgan fingerprint density at radius 1 is 1.00 bits per heavy atom. The van der Waals surface area contributed by atoms with Gasteiger partial charge in [-0.1, -0.05) is 0 Å². The van der Waals surface area contributed by atoms with Crippen molar-refractivity contribution in [1.29, 1.82) is 0 Å². The van der Waals surface area contributed by atoms with Crippen LogP contribution in [0.1, 0.15) is 46.0 Å². The van der Waals surface area contributed by atoms with Gasteiger partial charge in [0.05, 0.1) is 0 Å². The van der Waals surface area contributed by atoms with Gasteiger partial charge in [-0.25, -0.2) is 0 Å². The summed E-state index contributed by atoms with van der Waals surface area (Å²) >= 11 is 0.352. The van der Waals surface area contributed by atoms with E-state index in [9.17, 15) is 0 Å². The van der Waals surface area contributed by atoms with E-state index >= 15 is 0 Å². The molecule has 2 heteroatoms. The Balaban J connectivity index is 2.69. The molecule has 0 aromatic rings. The van der Waals surface area contributed by atoms with Gasteiger partial charge in [0.15, 0.2) is 0 Å². The summed E-state index contributed by atoms with van der Waals surface area (Å²) < 4.78 is 4.92. The van der Waals surface area contributed by atoms with Crippen LogP contribution in [-0.2, 0) is 0 Å². The van der Waals surface area contributed by atoms with Crippen LogP contribution in [0, 0.1) is 0 Å². The summed E-state index contributed by atoms with van der Waals surface area (Å²) in [6.45, 7) is 5.63. The molecule has 1 N–H and O–H groups in total. The Morgan fingerprint density at radius 3 is 2.36 bits per heavy atom. The molecule has 0 saturated heterocycles. The topological polar surface area (TPSA) is 12.0 Å². The van der Waals surface area contributed by atoms with Gasteiger partial charge in [0.1, 0.15) is 0 Å². The summed E-state index contributed by atoms with van der Waals surface area (Å²) in [6, 6.07) is 0. The summed E-state index contributed by atoms with van der Waals surface area (Å²) in [5.74, 6) is 0. The third kappa shape index (κ3) is 10.7. The van der Waals surface area contributed by atoms with Crippen molar-refractivity contribution in [3.63, 3.8) is 0 Å². The van der Waals surface area contributed by atoms with E-state index in [1.54, 1.807) is 0 Å². The Labute approximate surface area is 82.0 Å². The minimum atomic E-state index is 0.352. The molecule has 0 atom stereocenters. The van der Waals surface area contributed by atoms with Crippen molar-refractivity contribution < 1.29 is 21.5 Å². The predicted octanol–water partition coefficient (Wildman–Crippen LogP) is -0.430. The van der Waals surface area contributed by atoms with Crippen LogP contribution in [-0.4, -0.2) is 11.0 Å². The van der Waals surface area contributed by atoms with Gasteiger partial charge in [0.25, 0.3) is 0 Å². The Hall–Kier alpha value is 0.690. The fourth-order valence-corrected chi connectivity index (χ4v) is 2.77. The van der Waals surface area contributed by atoms with Crippen LogP contribution >= 0.6 is 0 Å². The third-order valence-corrected chi connectivity index (χ3v) is 4.16. The number of nitrogens with one attached hydrogen (secondary N) is 1. The summed E-state index contributed by atoms with van der Waals surface area (Å²) in [5, 5.41) is 0. The molecule has 0 aromatic heterocycles. The monoisotopic (exact) mass is 270 g/mol. The first kappa shape index (κ1) is 11.7. The Kier molecular flexibility index (Phi) is 11.4. The van der Waals surface area contributed by atoms with Gasteiger partial charge in [0.2, 0.25) is 0 Å². The van der Waals surface area contributed by atoms with Crippen molar-refractivity contribution in [3.8, 4) is 0 Å². The standard InChI is InChI=1S/C9H21IN/c1-3-5-6-7-8-9-10-11-4-2/h11H,3-9H2,1-2H3/q-1. The van der Waals surface area contributed by atoms with Gasteiger partial charge in [-0.3, -0.25) is 0 Å². The van der Waals surface area contributed by atoms with Crippen molar-refractivity contribution in [2.45, 2.75) is 46.0 Å². The zero-order valence-electron chi connectivity index (χ0n) is 7.83. The maximum absolute atomic E-state index is 3.45. The molecular weight excluding hydrogens is 249 g/mol. The van der Waals surface area contributed by atoms with Crippen LogP contribution in [0.4, 0.5) is 0 Å². The average Bonchev–Trinajstić information content (AvgIpc) is 2.03. The number of rotatable bonds is 8. The molecule has 0 amide bonds. The second-order valence-electron chi connectivity index (χ2n) is 2.72. The van der Waals surface area contributed by atoms with Crippen molar-refractivity contribution in [2.75, 3.05) is 11.0 Å². The van der Waals surface area contributed by atoms with E-state index in [2.05, 4.69) is 17.4 Å². The first-order chi connectivity index (χ1) is 5.41. The van der Waals surface area contributed by atoms with Crippen LogP contribution in [0.5, 0.6) is 0 Å². The molecule has 0 aromatic carbocycles. The molecule has 0 aliphatic heterocycles. The van der Waals surface area contributed by atoms with Crippen LogP contribution in [0.25, 0.3) is 0 Å². The second kappa shape index (κ2) is 10.7. The van der Waals surface area contributed by atoms with Gasteiger partial charge >= 0.3 is 81.9 Å². The molecule has 0 aliphatic rings. The van der Waals surface area contributed by atoms with Gasteiger partial charge in [-0.15, -0.1) is 0 Å². The molecule has 0 saturated carbocycles. The SMILES string of the molecule is CCCCCCC[I-]NCC. The quantitative estimate of drug-likeness (QED) is 0.273. The van der Waals surface area contributed by atoms with Crippen LogP contribution in [0.15, 0.2) is 0 Å². The summed E-state index contributed by atoms with van der Waals surface area (Å²) in [6.07, 6.45) is 7.16. The van der Waals surface area contributed by atoms with Crippen molar-refractivity contribution >= 4 is 0 Å². The molecule has 0 bridgehead atoms. The van der Waals surface area contributed by atoms with E-state index in [1.165, 1.54) is 43.1 Å². The van der Waals surface area contributed by atoms with Gasteiger partial charge in [-0.05, 0) is 0 Å². The van der Waals surface area contributed by atoms with E-state index in [-0.39, 0.29) is 0 Å². The molecule has 0 unspecified atom stereocenters. The second-order valence-corrected chi connectivity index (χ2v) is 5.33. The number of halogens is 1. The Morgan fingerprint density at radius 2 is 1.73 bits per heavy atom. The normalized spacial score (nSPS) is 10.7. The summed E-state index contributed by atoms with van der Waals surface area (Å²) in [4.78, 5) is 0. The first-order valence-corrected chi connectivity index (χ1v) is 7.33. The van der Waals surface area contributed by atoms with Gasteiger partial charge in [-0.2, -0.15) is 0 Å². The molecule has 1 nitrogen and oxygen atoms in total. The number of hydrogen-bond acceptors (Lipinski definition) is 1. The van der Waals surface area contributed by atoms with E-state index in [0.717, 1.165) is 0 Å². The Bertz CT molecular complexity index is 58.6. The fourth-order valence-electron chi connectivity index (χ4n) is 0.926. The van der Waals surface area contributed by atoms with Gasteiger partial charge < -0.3 is 0 Å². The fraction of sp³-hybridized carbons (Fsp3) is 1.00. The zero-order chi connectivity index (χ0) is 8.36. The predicted molar refractivity (Wildman–Crippen MR) is 47.3 cm³/mol. The molecule has 0 radical (unpaired) electrons. The summed E-state index contributed by atoms with van der Waals surface area (Å²) in [5.41, 5.74) is 0. The average molecular weight is 270 g/mol. The zero-order valence-corrected chi connectivity index (χ0v) is 9.99. The van der Waals surface area contributed by atoms with E-state index < -0.39 is 0 Å². The number of unbranched alkanes of at least 4 members (excludes halogenated alkanes) is 4. The third-order valence-electron chi connectivity index (χ3n) is 1.56. The molecule has 0 heterocycles. The molecular formula is C9H21IN-. The van der Waals surface area contributed by atoms with Gasteiger partial charge in [0, 0.05) is 0 Å². The van der Waals surface area contributed by atoms with Crippen molar-refractivity contribution in [3.05, 3.63) is 0 Å². The van der Waals surface area contributed by atoms with E-state index in [0.29, 0.717) is 21.5 Å². The number of alkyl halides is 1. The maximum atomic E-state index is 3.45. The molecule has 11 heavy (non-hydrogen) atoms. The minimum absolute atomic E-state index is 0.352. The molecule has 0 rings (SSSR count). The van der Waals surface area contributed by atoms with E-state index in [1.807, 2.05) is 0 Å². The summed E-state index contributed by atoms with van der Waals surface area (Å²) in [7, 11) is 0. The number of hydrogen-bond donors (Lipinski definition) is 1.